The molecule has 0 bridgehead atoms. The number of benzene rings is 2. The monoisotopic (exact) mass is 252 g/mol. The van der Waals surface area contributed by atoms with E-state index in [1.807, 2.05) is 30.3 Å². The molecule has 94 valence electrons. The summed E-state index contributed by atoms with van der Waals surface area (Å²) < 4.78 is 0. The number of aromatic amines is 1. The van der Waals surface area contributed by atoms with Crippen molar-refractivity contribution < 1.29 is 9.90 Å². The van der Waals surface area contributed by atoms with E-state index >= 15 is 0 Å². The van der Waals surface area contributed by atoms with E-state index in [0.29, 0.717) is 5.69 Å². The highest BCUT2D eigenvalue weighted by molar-refractivity contribution is 5.94. The topological polar surface area (TPSA) is 79.1 Å². The number of rotatable bonds is 2. The lowest BCUT2D eigenvalue weighted by Crippen LogP contribution is -1.94. The molecule has 4 heteroatoms. The molecule has 0 spiro atoms. The predicted molar refractivity (Wildman–Crippen MR) is 75.1 cm³/mol. The summed E-state index contributed by atoms with van der Waals surface area (Å²) in [5.74, 6) is -0.925. The van der Waals surface area contributed by atoms with Gasteiger partial charge in [-0.25, -0.2) is 4.79 Å². The Bertz CT molecular complexity index is 757. The first kappa shape index (κ1) is 11.3. The molecule has 4 nitrogen and oxygen atoms in total. The molecular formula is C15H12N2O2. The Balaban J connectivity index is 2.11. The summed E-state index contributed by atoms with van der Waals surface area (Å²) >= 11 is 0. The van der Waals surface area contributed by atoms with Crippen molar-refractivity contribution in [2.75, 3.05) is 5.73 Å². The van der Waals surface area contributed by atoms with Crippen molar-refractivity contribution in [3.8, 4) is 11.3 Å². The molecule has 3 aromatic rings. The van der Waals surface area contributed by atoms with Crippen LogP contribution in [0.2, 0.25) is 0 Å². The molecule has 0 fully saturated rings. The Kier molecular flexibility index (Phi) is 2.49. The molecule has 0 aliphatic rings. The number of aromatic nitrogens is 1. The minimum Gasteiger partial charge on any atom is -0.478 e. The number of nitrogens with two attached hydrogens (primary N) is 1. The number of carbonyl (C=O) groups is 1. The number of anilines is 1. The fourth-order valence-electron chi connectivity index (χ4n) is 2.08. The molecule has 2 aromatic carbocycles. The Morgan fingerprint density at radius 1 is 1.05 bits per heavy atom. The van der Waals surface area contributed by atoms with Crippen LogP contribution in [-0.2, 0) is 0 Å². The molecule has 3 rings (SSSR count). The second kappa shape index (κ2) is 4.17. The van der Waals surface area contributed by atoms with Gasteiger partial charge < -0.3 is 15.8 Å². The van der Waals surface area contributed by atoms with Crippen LogP contribution in [0.3, 0.4) is 0 Å². The lowest BCUT2D eigenvalue weighted by atomic mass is 10.1. The second-order valence-electron chi connectivity index (χ2n) is 4.41. The summed E-state index contributed by atoms with van der Waals surface area (Å²) in [6.07, 6.45) is 0. The van der Waals surface area contributed by atoms with Crippen LogP contribution < -0.4 is 5.73 Å². The fourth-order valence-corrected chi connectivity index (χ4v) is 2.08. The van der Waals surface area contributed by atoms with Crippen molar-refractivity contribution in [1.82, 2.24) is 4.98 Å². The molecule has 0 saturated carbocycles. The maximum absolute atomic E-state index is 10.9. The molecular weight excluding hydrogens is 240 g/mol. The first-order valence-electron chi connectivity index (χ1n) is 5.85. The van der Waals surface area contributed by atoms with Crippen LogP contribution in [0.15, 0.2) is 48.5 Å². The SMILES string of the molecule is Nc1ccc(-c2cc3ccc(C(=O)O)cc3[nH]2)cc1. The summed E-state index contributed by atoms with van der Waals surface area (Å²) in [5, 5.41) is 9.95. The number of carboxylic acids is 1. The van der Waals surface area contributed by atoms with Crippen molar-refractivity contribution in [2.45, 2.75) is 0 Å². The maximum atomic E-state index is 10.9. The van der Waals surface area contributed by atoms with Crippen molar-refractivity contribution in [3.05, 3.63) is 54.1 Å². The molecule has 0 aliphatic heterocycles. The quantitative estimate of drug-likeness (QED) is 0.613. The van der Waals surface area contributed by atoms with Crippen LogP contribution in [-0.4, -0.2) is 16.1 Å². The molecule has 0 aliphatic carbocycles. The molecule has 0 radical (unpaired) electrons. The molecule has 19 heavy (non-hydrogen) atoms. The summed E-state index contributed by atoms with van der Waals surface area (Å²) in [6.45, 7) is 0. The zero-order valence-electron chi connectivity index (χ0n) is 10.1. The highest BCUT2D eigenvalue weighted by atomic mass is 16.4. The van der Waals surface area contributed by atoms with E-state index in [2.05, 4.69) is 4.98 Å². The van der Waals surface area contributed by atoms with Gasteiger partial charge in [-0.15, -0.1) is 0 Å². The number of carboxylic acid groups (broad SMARTS) is 1. The van der Waals surface area contributed by atoms with Gasteiger partial charge in [0.25, 0.3) is 0 Å². The number of nitrogen functional groups attached to an aromatic ring is 1. The van der Waals surface area contributed by atoms with Crippen LogP contribution in [0.4, 0.5) is 5.69 Å². The van der Waals surface area contributed by atoms with E-state index < -0.39 is 5.97 Å². The number of hydrogen-bond donors (Lipinski definition) is 3. The van der Waals surface area contributed by atoms with Crippen LogP contribution >= 0.6 is 0 Å². The van der Waals surface area contributed by atoms with Gasteiger partial charge in [0.15, 0.2) is 0 Å². The zero-order chi connectivity index (χ0) is 13.4. The standard InChI is InChI=1S/C15H12N2O2/c16-12-5-3-9(4-6-12)13-7-10-1-2-11(15(18)19)8-14(10)17-13/h1-8,17H,16H2,(H,18,19). The molecule has 1 heterocycles. The number of aromatic carboxylic acids is 1. The third-order valence-electron chi connectivity index (χ3n) is 3.09. The van der Waals surface area contributed by atoms with Crippen molar-refractivity contribution in [1.29, 1.82) is 0 Å². The maximum Gasteiger partial charge on any atom is 0.335 e. The van der Waals surface area contributed by atoms with Crippen molar-refractivity contribution in [3.63, 3.8) is 0 Å². The summed E-state index contributed by atoms with van der Waals surface area (Å²) in [4.78, 5) is 14.2. The first-order chi connectivity index (χ1) is 9.13. The van der Waals surface area contributed by atoms with Gasteiger partial charge in [-0.05, 0) is 35.9 Å². The highest BCUT2D eigenvalue weighted by Crippen LogP contribution is 2.25. The van der Waals surface area contributed by atoms with Gasteiger partial charge in [-0.3, -0.25) is 0 Å². The molecule has 0 unspecified atom stereocenters. The normalized spacial score (nSPS) is 10.7. The second-order valence-corrected chi connectivity index (χ2v) is 4.41. The lowest BCUT2D eigenvalue weighted by Gasteiger charge is -1.98. The minimum absolute atomic E-state index is 0.276. The van der Waals surface area contributed by atoms with E-state index in [9.17, 15) is 4.79 Å². The van der Waals surface area contributed by atoms with E-state index in [-0.39, 0.29) is 5.56 Å². The molecule has 4 N–H and O–H groups in total. The molecule has 0 atom stereocenters. The number of nitrogens with one attached hydrogen (secondary N) is 1. The van der Waals surface area contributed by atoms with Crippen molar-refractivity contribution in [2.24, 2.45) is 0 Å². The van der Waals surface area contributed by atoms with E-state index in [1.165, 1.54) is 0 Å². The Labute approximate surface area is 109 Å². The van der Waals surface area contributed by atoms with Gasteiger partial charge in [-0.1, -0.05) is 18.2 Å². The predicted octanol–water partition coefficient (Wildman–Crippen LogP) is 3.12. The lowest BCUT2D eigenvalue weighted by molar-refractivity contribution is 0.0697. The van der Waals surface area contributed by atoms with E-state index in [4.69, 9.17) is 10.8 Å². The average Bonchev–Trinajstić information content (AvgIpc) is 2.82. The van der Waals surface area contributed by atoms with E-state index in [1.54, 1.807) is 18.2 Å². The molecule has 0 saturated heterocycles. The third-order valence-corrected chi connectivity index (χ3v) is 3.09. The summed E-state index contributed by atoms with van der Waals surface area (Å²) in [6, 6.07) is 14.6. The number of H-pyrrole nitrogens is 1. The smallest absolute Gasteiger partial charge is 0.335 e. The summed E-state index contributed by atoms with van der Waals surface area (Å²) in [5.41, 5.74) is 9.42. The average molecular weight is 252 g/mol. The van der Waals surface area contributed by atoms with Gasteiger partial charge >= 0.3 is 5.97 Å². The summed E-state index contributed by atoms with van der Waals surface area (Å²) in [7, 11) is 0. The zero-order valence-corrected chi connectivity index (χ0v) is 10.1. The molecule has 1 aromatic heterocycles. The molecule has 0 amide bonds. The van der Waals surface area contributed by atoms with Crippen LogP contribution in [0.1, 0.15) is 10.4 Å². The highest BCUT2D eigenvalue weighted by Gasteiger charge is 2.07. The van der Waals surface area contributed by atoms with Crippen LogP contribution in [0.5, 0.6) is 0 Å². The largest absolute Gasteiger partial charge is 0.478 e. The fraction of sp³-hybridized carbons (Fsp3) is 0. The van der Waals surface area contributed by atoms with Gasteiger partial charge in [-0.2, -0.15) is 0 Å². The Morgan fingerprint density at radius 2 is 1.79 bits per heavy atom. The van der Waals surface area contributed by atoms with E-state index in [0.717, 1.165) is 22.2 Å². The van der Waals surface area contributed by atoms with Gasteiger partial charge in [0, 0.05) is 22.3 Å². The van der Waals surface area contributed by atoms with Gasteiger partial charge in [0.1, 0.15) is 0 Å². The van der Waals surface area contributed by atoms with Crippen molar-refractivity contribution >= 4 is 22.6 Å². The Hall–Kier alpha value is -2.75. The van der Waals surface area contributed by atoms with Gasteiger partial charge in [0.05, 0.1) is 5.56 Å². The Morgan fingerprint density at radius 3 is 2.47 bits per heavy atom. The van der Waals surface area contributed by atoms with Crippen LogP contribution in [0, 0.1) is 0 Å². The minimum atomic E-state index is -0.925. The first-order valence-corrected chi connectivity index (χ1v) is 5.85. The van der Waals surface area contributed by atoms with Gasteiger partial charge in [0.2, 0.25) is 0 Å². The number of hydrogen-bond acceptors (Lipinski definition) is 2. The van der Waals surface area contributed by atoms with Crippen LogP contribution in [0.25, 0.3) is 22.2 Å². The number of fused-ring (bicyclic) bond motifs is 1. The third kappa shape index (κ3) is 2.04.